The van der Waals surface area contributed by atoms with Gasteiger partial charge in [-0.2, -0.15) is 0 Å². The van der Waals surface area contributed by atoms with E-state index in [4.69, 9.17) is 4.98 Å². The number of carbonyl (C=O) groups is 1. The van der Waals surface area contributed by atoms with E-state index in [-0.39, 0.29) is 11.9 Å². The Morgan fingerprint density at radius 3 is 2.59 bits per heavy atom. The first kappa shape index (κ1) is 22.9. The molecule has 1 N–H and O–H groups in total. The van der Waals surface area contributed by atoms with Gasteiger partial charge in [-0.25, -0.2) is 9.97 Å². The molecule has 182 valence electrons. The first-order valence-electron chi connectivity index (χ1n) is 12.0. The van der Waals surface area contributed by atoms with Gasteiger partial charge in [0, 0.05) is 48.1 Å². The maximum absolute atomic E-state index is 13.4. The monoisotopic (exact) mass is 504 g/mol. The van der Waals surface area contributed by atoms with Crippen LogP contribution in [-0.2, 0) is 13.5 Å². The molecule has 8 heteroatoms. The molecule has 7 nitrogen and oxygen atoms in total. The Morgan fingerprint density at radius 2 is 1.84 bits per heavy atom. The summed E-state index contributed by atoms with van der Waals surface area (Å²) < 4.78 is 5.10. The molecule has 1 unspecified atom stereocenters. The molecule has 0 saturated heterocycles. The van der Waals surface area contributed by atoms with Crippen LogP contribution in [0.3, 0.4) is 0 Å². The number of hydrogen-bond donors (Lipinski definition) is 1. The van der Waals surface area contributed by atoms with Gasteiger partial charge in [-0.3, -0.25) is 9.78 Å². The van der Waals surface area contributed by atoms with Crippen molar-refractivity contribution in [3.63, 3.8) is 0 Å². The summed E-state index contributed by atoms with van der Waals surface area (Å²) in [5, 5.41) is 4.30. The van der Waals surface area contributed by atoms with Gasteiger partial charge < -0.3 is 14.5 Å². The molecule has 0 spiro atoms. The van der Waals surface area contributed by atoms with Gasteiger partial charge in [0.2, 0.25) is 0 Å². The van der Waals surface area contributed by atoms with Crippen LogP contribution in [0.4, 0.5) is 0 Å². The fourth-order valence-corrected chi connectivity index (χ4v) is 5.46. The summed E-state index contributed by atoms with van der Waals surface area (Å²) in [5.74, 6) is 0.658. The summed E-state index contributed by atoms with van der Waals surface area (Å²) in [4.78, 5) is 27.4. The van der Waals surface area contributed by atoms with Gasteiger partial charge in [0.05, 0.1) is 29.1 Å². The lowest BCUT2D eigenvalue weighted by Crippen LogP contribution is -2.31. The molecule has 0 aliphatic heterocycles. The van der Waals surface area contributed by atoms with Crippen LogP contribution in [0.5, 0.6) is 0 Å². The number of aromatic nitrogens is 5. The molecule has 2 aromatic carbocycles. The number of hydrogen-bond acceptors (Lipinski definition) is 5. The van der Waals surface area contributed by atoms with E-state index in [1.54, 1.807) is 18.7 Å². The largest absolute Gasteiger partial charge is 0.341 e. The molecule has 1 atom stereocenters. The Balaban J connectivity index is 1.31. The molecular weight excluding hydrogens is 480 g/mol. The lowest BCUT2D eigenvalue weighted by atomic mass is 10.1. The molecular formula is C29H24N6OS. The third-order valence-electron chi connectivity index (χ3n) is 6.40. The number of benzene rings is 2. The molecule has 4 aromatic heterocycles. The van der Waals surface area contributed by atoms with Gasteiger partial charge in [0.15, 0.2) is 0 Å². The van der Waals surface area contributed by atoms with Gasteiger partial charge in [-0.15, -0.1) is 11.3 Å². The molecule has 6 aromatic rings. The second-order valence-corrected chi connectivity index (χ2v) is 9.86. The number of pyridine rings is 1. The van der Waals surface area contributed by atoms with Crippen LogP contribution >= 0.6 is 11.3 Å². The highest BCUT2D eigenvalue weighted by Gasteiger charge is 2.23. The third-order valence-corrected chi connectivity index (χ3v) is 7.51. The van der Waals surface area contributed by atoms with Crippen LogP contribution < -0.4 is 5.32 Å². The van der Waals surface area contributed by atoms with E-state index in [1.165, 1.54) is 11.3 Å². The van der Waals surface area contributed by atoms with E-state index in [2.05, 4.69) is 39.6 Å². The Morgan fingerprint density at radius 1 is 1.00 bits per heavy atom. The Kier molecular flexibility index (Phi) is 6.08. The first-order valence-corrected chi connectivity index (χ1v) is 12.8. The van der Waals surface area contributed by atoms with Gasteiger partial charge >= 0.3 is 0 Å². The van der Waals surface area contributed by atoms with Crippen molar-refractivity contribution in [3.8, 4) is 16.9 Å². The fraction of sp³-hybridized carbons (Fsp3) is 0.103. The number of nitrogens with one attached hydrogen (secondary N) is 1. The van der Waals surface area contributed by atoms with Crippen molar-refractivity contribution in [2.75, 3.05) is 0 Å². The summed E-state index contributed by atoms with van der Waals surface area (Å²) in [6.45, 7) is 0. The number of fused-ring (bicyclic) bond motifs is 1. The molecule has 0 aliphatic carbocycles. The highest BCUT2D eigenvalue weighted by atomic mass is 32.1. The van der Waals surface area contributed by atoms with Crippen molar-refractivity contribution in [1.29, 1.82) is 0 Å². The third kappa shape index (κ3) is 4.66. The number of thiophene rings is 1. The number of carbonyl (C=O) groups excluding carboxylic acids is 1. The second kappa shape index (κ2) is 9.83. The highest BCUT2D eigenvalue weighted by molar-refractivity contribution is 7.20. The van der Waals surface area contributed by atoms with E-state index in [0.717, 1.165) is 38.5 Å². The normalized spacial score (nSPS) is 12.0. The maximum Gasteiger partial charge on any atom is 0.261 e. The molecule has 0 bridgehead atoms. The first-order chi connectivity index (χ1) is 18.2. The molecule has 37 heavy (non-hydrogen) atoms. The SMILES string of the molecule is Cn1c(-c2ccc(-n3ccnc3)cc2)cnc1C(Cc1ccccn1)NC(=O)c1cc2ccccc2s1. The van der Waals surface area contributed by atoms with Crippen LogP contribution in [0.2, 0.25) is 0 Å². The smallest absolute Gasteiger partial charge is 0.261 e. The quantitative estimate of drug-likeness (QED) is 0.307. The maximum atomic E-state index is 13.4. The predicted octanol–water partition coefficient (Wildman–Crippen LogP) is 5.60. The van der Waals surface area contributed by atoms with Crippen LogP contribution in [-0.4, -0.2) is 30.0 Å². The summed E-state index contributed by atoms with van der Waals surface area (Å²) in [6, 6.07) is 23.7. The predicted molar refractivity (Wildman–Crippen MR) is 146 cm³/mol. The van der Waals surface area contributed by atoms with E-state index in [0.29, 0.717) is 11.3 Å². The zero-order valence-electron chi connectivity index (χ0n) is 20.2. The Labute approximate surface area is 218 Å². The average molecular weight is 505 g/mol. The molecule has 0 saturated carbocycles. The summed E-state index contributed by atoms with van der Waals surface area (Å²) in [6.07, 6.45) is 9.61. The van der Waals surface area contributed by atoms with Crippen LogP contribution in [0, 0.1) is 0 Å². The zero-order valence-corrected chi connectivity index (χ0v) is 21.0. The van der Waals surface area contributed by atoms with Crippen molar-refractivity contribution in [2.45, 2.75) is 12.5 Å². The van der Waals surface area contributed by atoms with Crippen molar-refractivity contribution >= 4 is 27.3 Å². The van der Waals surface area contributed by atoms with E-state index < -0.39 is 0 Å². The van der Waals surface area contributed by atoms with Crippen LogP contribution in [0.1, 0.15) is 27.2 Å². The van der Waals surface area contributed by atoms with Gasteiger partial charge in [0.1, 0.15) is 5.82 Å². The Hall–Kier alpha value is -4.56. The number of amides is 1. The standard InChI is InChI=1S/C29H24N6OS/c1-34-25(20-9-11-23(12-10-20)35-15-14-30-19-35)18-32-28(34)24(17-22-7-4-5-13-31-22)33-29(36)27-16-21-6-2-3-8-26(21)37-27/h2-16,18-19,24H,17H2,1H3,(H,33,36). The van der Waals surface area contributed by atoms with Crippen molar-refractivity contribution in [3.05, 3.63) is 120 Å². The Bertz CT molecular complexity index is 1620. The number of rotatable bonds is 7. The minimum absolute atomic E-state index is 0.114. The number of nitrogens with zero attached hydrogens (tertiary/aromatic N) is 5. The molecule has 1 amide bonds. The van der Waals surface area contributed by atoms with E-state index in [9.17, 15) is 4.79 Å². The van der Waals surface area contributed by atoms with Crippen molar-refractivity contribution < 1.29 is 4.79 Å². The molecule has 0 aliphatic rings. The summed E-state index contributed by atoms with van der Waals surface area (Å²) in [5.41, 5.74) is 3.93. The molecule has 4 heterocycles. The van der Waals surface area contributed by atoms with Gasteiger partial charge in [-0.1, -0.05) is 36.4 Å². The molecule has 0 fully saturated rings. The minimum atomic E-state index is -0.350. The second-order valence-electron chi connectivity index (χ2n) is 8.78. The van der Waals surface area contributed by atoms with Gasteiger partial charge in [-0.05, 0) is 47.3 Å². The van der Waals surface area contributed by atoms with Crippen LogP contribution in [0.15, 0.2) is 104 Å². The number of imidazole rings is 2. The molecule has 6 rings (SSSR count). The minimum Gasteiger partial charge on any atom is -0.341 e. The lowest BCUT2D eigenvalue weighted by Gasteiger charge is -2.19. The summed E-state index contributed by atoms with van der Waals surface area (Å²) >= 11 is 1.49. The van der Waals surface area contributed by atoms with E-state index >= 15 is 0 Å². The van der Waals surface area contributed by atoms with Crippen molar-refractivity contribution in [1.82, 2.24) is 29.4 Å². The highest BCUT2D eigenvalue weighted by Crippen LogP contribution is 2.28. The zero-order chi connectivity index (χ0) is 25.2. The fourth-order valence-electron chi connectivity index (χ4n) is 4.49. The topological polar surface area (TPSA) is 77.6 Å². The average Bonchev–Trinajstić information content (AvgIpc) is 3.69. The molecule has 0 radical (unpaired) electrons. The van der Waals surface area contributed by atoms with Crippen LogP contribution in [0.25, 0.3) is 27.0 Å². The van der Waals surface area contributed by atoms with E-state index in [1.807, 2.05) is 77.1 Å². The summed E-state index contributed by atoms with van der Waals surface area (Å²) in [7, 11) is 1.98. The van der Waals surface area contributed by atoms with Crippen molar-refractivity contribution in [2.24, 2.45) is 7.05 Å². The lowest BCUT2D eigenvalue weighted by molar-refractivity contribution is 0.0938. The van der Waals surface area contributed by atoms with Gasteiger partial charge in [0.25, 0.3) is 5.91 Å².